The monoisotopic (exact) mass is 407 g/mol. The van der Waals surface area contributed by atoms with Gasteiger partial charge in [-0.1, -0.05) is 17.3 Å². The fourth-order valence-corrected chi connectivity index (χ4v) is 3.06. The van der Waals surface area contributed by atoms with Gasteiger partial charge in [-0.15, -0.1) is 0 Å². The van der Waals surface area contributed by atoms with Crippen molar-refractivity contribution >= 4 is 0 Å². The van der Waals surface area contributed by atoms with Gasteiger partial charge in [-0.3, -0.25) is 9.80 Å². The molecule has 29 heavy (non-hydrogen) atoms. The molecule has 0 radical (unpaired) electrons. The van der Waals surface area contributed by atoms with Gasteiger partial charge in [0.2, 0.25) is 11.7 Å². The lowest BCUT2D eigenvalue weighted by Crippen LogP contribution is -2.41. The molecule has 1 saturated heterocycles. The largest absolute Gasteiger partial charge is 0.434 e. The molecule has 3 rings (SSSR count). The first kappa shape index (κ1) is 21.1. The second-order valence-corrected chi connectivity index (χ2v) is 6.52. The molecule has 1 aromatic heterocycles. The molecule has 2 heterocycles. The van der Waals surface area contributed by atoms with Crippen molar-refractivity contribution in [3.63, 3.8) is 0 Å². The number of nitrogens with zero attached hydrogens (tertiary/aromatic N) is 5. The Morgan fingerprint density at radius 1 is 1.24 bits per heavy atom. The standard InChI is InChI=1S/C19H23F2N5O3/c20-19(21)28-16-5-2-1-4-15(16)18-23-17(29-24-18)14-26(7-3-6-22)9-8-25-10-12-27-13-11-25/h1-2,4-5,19H,3,7-14H2. The second-order valence-electron chi connectivity index (χ2n) is 6.52. The molecule has 0 spiro atoms. The maximum Gasteiger partial charge on any atom is 0.387 e. The van der Waals surface area contributed by atoms with Gasteiger partial charge < -0.3 is 14.0 Å². The molecule has 0 unspecified atom stereocenters. The number of morpholine rings is 1. The van der Waals surface area contributed by atoms with E-state index in [0.717, 1.165) is 39.4 Å². The topological polar surface area (TPSA) is 87.7 Å². The molecule has 8 nitrogen and oxygen atoms in total. The number of rotatable bonds is 10. The molecule has 2 aromatic rings. The van der Waals surface area contributed by atoms with Crippen LogP contribution in [0.1, 0.15) is 12.3 Å². The first-order valence-corrected chi connectivity index (χ1v) is 9.42. The zero-order valence-corrected chi connectivity index (χ0v) is 16.0. The van der Waals surface area contributed by atoms with Gasteiger partial charge in [-0.25, -0.2) is 0 Å². The maximum absolute atomic E-state index is 12.6. The summed E-state index contributed by atoms with van der Waals surface area (Å²) in [5.74, 6) is 0.528. The summed E-state index contributed by atoms with van der Waals surface area (Å²) in [4.78, 5) is 8.70. The highest BCUT2D eigenvalue weighted by atomic mass is 19.3. The van der Waals surface area contributed by atoms with Crippen LogP contribution in [0, 0.1) is 11.3 Å². The van der Waals surface area contributed by atoms with Crippen molar-refractivity contribution in [1.29, 1.82) is 5.26 Å². The van der Waals surface area contributed by atoms with E-state index in [1.54, 1.807) is 18.2 Å². The Morgan fingerprint density at radius 2 is 2.03 bits per heavy atom. The quantitative estimate of drug-likeness (QED) is 0.593. The zero-order valence-electron chi connectivity index (χ0n) is 16.0. The third kappa shape index (κ3) is 6.45. The van der Waals surface area contributed by atoms with Gasteiger partial charge in [0.15, 0.2) is 0 Å². The van der Waals surface area contributed by atoms with E-state index in [9.17, 15) is 8.78 Å². The predicted molar refractivity (Wildman–Crippen MR) is 99.1 cm³/mol. The van der Waals surface area contributed by atoms with Crippen LogP contribution in [0.2, 0.25) is 0 Å². The van der Waals surface area contributed by atoms with Crippen molar-refractivity contribution in [2.75, 3.05) is 45.9 Å². The van der Waals surface area contributed by atoms with E-state index in [2.05, 4.69) is 30.7 Å². The summed E-state index contributed by atoms with van der Waals surface area (Å²) in [6, 6.07) is 8.45. The number of benzene rings is 1. The zero-order chi connectivity index (χ0) is 20.5. The number of nitriles is 1. The molecule has 1 aliphatic heterocycles. The van der Waals surface area contributed by atoms with Gasteiger partial charge >= 0.3 is 6.61 Å². The van der Waals surface area contributed by atoms with Crippen LogP contribution in [-0.2, 0) is 11.3 Å². The molecule has 0 N–H and O–H groups in total. The van der Waals surface area contributed by atoms with Crippen molar-refractivity contribution in [1.82, 2.24) is 19.9 Å². The average Bonchev–Trinajstić information content (AvgIpc) is 3.19. The highest BCUT2D eigenvalue weighted by Crippen LogP contribution is 2.29. The first-order valence-electron chi connectivity index (χ1n) is 9.42. The molecule has 0 amide bonds. The number of ether oxygens (including phenoxy) is 2. The van der Waals surface area contributed by atoms with Crippen molar-refractivity contribution in [3.8, 4) is 23.2 Å². The van der Waals surface area contributed by atoms with Crippen LogP contribution in [0.25, 0.3) is 11.4 Å². The Balaban J connectivity index is 1.65. The van der Waals surface area contributed by atoms with Crippen LogP contribution >= 0.6 is 0 Å². The Kier molecular flexibility index (Phi) is 7.86. The summed E-state index contributed by atoms with van der Waals surface area (Å²) in [5, 5.41) is 12.8. The number of para-hydroxylation sites is 1. The van der Waals surface area contributed by atoms with Crippen molar-refractivity contribution < 1.29 is 22.8 Å². The molecule has 10 heteroatoms. The molecule has 1 fully saturated rings. The Bertz CT molecular complexity index is 805. The van der Waals surface area contributed by atoms with Crippen molar-refractivity contribution in [2.24, 2.45) is 0 Å². The summed E-state index contributed by atoms with van der Waals surface area (Å²) in [5.41, 5.74) is 0.333. The SMILES string of the molecule is N#CCCN(CCN1CCOCC1)Cc1nc(-c2ccccc2OC(F)F)no1. The summed E-state index contributed by atoms with van der Waals surface area (Å²) in [6.07, 6.45) is 0.384. The van der Waals surface area contributed by atoms with E-state index in [4.69, 9.17) is 14.5 Å². The number of hydrogen-bond donors (Lipinski definition) is 0. The predicted octanol–water partition coefficient (Wildman–Crippen LogP) is 2.39. The lowest BCUT2D eigenvalue weighted by Gasteiger charge is -2.29. The number of hydrogen-bond acceptors (Lipinski definition) is 8. The Hall–Kier alpha value is -2.61. The minimum Gasteiger partial charge on any atom is -0.434 e. The number of aromatic nitrogens is 2. The Labute approximate surface area is 167 Å². The molecule has 156 valence electrons. The van der Waals surface area contributed by atoms with Gasteiger partial charge in [-0.05, 0) is 12.1 Å². The van der Waals surface area contributed by atoms with Crippen LogP contribution in [0.5, 0.6) is 5.75 Å². The summed E-state index contributed by atoms with van der Waals surface area (Å²) < 4.78 is 40.4. The average molecular weight is 407 g/mol. The molecular weight excluding hydrogens is 384 g/mol. The number of halogens is 2. The fraction of sp³-hybridized carbons (Fsp3) is 0.526. The van der Waals surface area contributed by atoms with E-state index in [-0.39, 0.29) is 11.6 Å². The summed E-state index contributed by atoms with van der Waals surface area (Å²) >= 11 is 0. The van der Waals surface area contributed by atoms with Crippen molar-refractivity contribution in [2.45, 2.75) is 19.6 Å². The van der Waals surface area contributed by atoms with Crippen LogP contribution in [0.15, 0.2) is 28.8 Å². The first-order chi connectivity index (χ1) is 14.2. The molecule has 0 atom stereocenters. The van der Waals surface area contributed by atoms with Gasteiger partial charge in [0, 0.05) is 39.1 Å². The number of alkyl halides is 2. The Morgan fingerprint density at radius 3 is 2.79 bits per heavy atom. The molecule has 1 aliphatic rings. The second kappa shape index (κ2) is 10.8. The summed E-state index contributed by atoms with van der Waals surface area (Å²) in [6.45, 7) is 2.82. The molecule has 0 aliphatic carbocycles. The fourth-order valence-electron chi connectivity index (χ4n) is 3.06. The maximum atomic E-state index is 12.6. The van der Waals surface area contributed by atoms with Crippen LogP contribution in [0.3, 0.4) is 0 Å². The minimum absolute atomic E-state index is 0.0106. The normalized spacial score (nSPS) is 15.0. The van der Waals surface area contributed by atoms with E-state index < -0.39 is 6.61 Å². The van der Waals surface area contributed by atoms with Gasteiger partial charge in [0.25, 0.3) is 0 Å². The van der Waals surface area contributed by atoms with Gasteiger partial charge in [0.05, 0.1) is 31.4 Å². The van der Waals surface area contributed by atoms with Crippen LogP contribution in [0.4, 0.5) is 8.78 Å². The van der Waals surface area contributed by atoms with Gasteiger partial charge in [0.1, 0.15) is 5.75 Å². The third-order valence-electron chi connectivity index (χ3n) is 4.55. The van der Waals surface area contributed by atoms with E-state index in [0.29, 0.717) is 31.0 Å². The minimum atomic E-state index is -2.94. The van der Waals surface area contributed by atoms with Crippen LogP contribution < -0.4 is 4.74 Å². The molecular formula is C19H23F2N5O3. The van der Waals surface area contributed by atoms with E-state index in [1.807, 2.05) is 0 Å². The lowest BCUT2D eigenvalue weighted by molar-refractivity contribution is -0.0494. The molecule has 0 bridgehead atoms. The van der Waals surface area contributed by atoms with E-state index in [1.165, 1.54) is 6.07 Å². The molecule has 0 saturated carbocycles. The van der Waals surface area contributed by atoms with Gasteiger partial charge in [-0.2, -0.15) is 19.0 Å². The lowest BCUT2D eigenvalue weighted by atomic mass is 10.2. The highest BCUT2D eigenvalue weighted by molar-refractivity contribution is 5.63. The smallest absolute Gasteiger partial charge is 0.387 e. The highest BCUT2D eigenvalue weighted by Gasteiger charge is 2.18. The van der Waals surface area contributed by atoms with E-state index >= 15 is 0 Å². The summed E-state index contributed by atoms with van der Waals surface area (Å²) in [7, 11) is 0. The third-order valence-corrected chi connectivity index (χ3v) is 4.55. The van der Waals surface area contributed by atoms with Crippen molar-refractivity contribution in [3.05, 3.63) is 30.2 Å². The molecule has 1 aromatic carbocycles. The van der Waals surface area contributed by atoms with Crippen LogP contribution in [-0.4, -0.2) is 72.5 Å².